The summed E-state index contributed by atoms with van der Waals surface area (Å²) in [6, 6.07) is 48.8. The van der Waals surface area contributed by atoms with Crippen molar-refractivity contribution in [3.05, 3.63) is 173 Å². The first-order valence-electron chi connectivity index (χ1n) is 15.9. The molecule has 0 atom stereocenters. The van der Waals surface area contributed by atoms with Crippen LogP contribution in [0.3, 0.4) is 0 Å². The van der Waals surface area contributed by atoms with Crippen molar-refractivity contribution in [1.29, 1.82) is 0 Å². The minimum atomic E-state index is -0.343. The molecule has 0 aliphatic carbocycles. The van der Waals surface area contributed by atoms with E-state index in [0.717, 1.165) is 67.1 Å². The van der Waals surface area contributed by atoms with E-state index in [4.69, 9.17) is 14.5 Å². The number of aryl methyl sites for hydroxylation is 2. The molecule has 3 aromatic heterocycles. The molecule has 230 valence electrons. The normalized spacial score (nSPS) is 11.2. The zero-order chi connectivity index (χ0) is 32.6. The van der Waals surface area contributed by atoms with Gasteiger partial charge in [0.15, 0.2) is 0 Å². The summed E-state index contributed by atoms with van der Waals surface area (Å²) in [5.41, 5.74) is 12.2. The van der Waals surface area contributed by atoms with Crippen molar-refractivity contribution in [2.75, 3.05) is 0 Å². The quantitative estimate of drug-likeness (QED) is 0.173. The van der Waals surface area contributed by atoms with Crippen molar-refractivity contribution in [2.24, 2.45) is 0 Å². The molecule has 0 amide bonds. The maximum absolute atomic E-state index is 13.1. The average Bonchev–Trinajstić information content (AvgIpc) is 3.59. The van der Waals surface area contributed by atoms with Crippen LogP contribution in [-0.2, 0) is 0 Å². The van der Waals surface area contributed by atoms with Crippen LogP contribution in [0, 0.1) is 13.8 Å². The first-order chi connectivity index (χ1) is 23.5. The Hall–Kier alpha value is -6.33. The fraction of sp³-hybridized carbons (Fsp3) is 0.0465. The number of fused-ring (bicyclic) bond motifs is 1. The Balaban J connectivity index is 1.35. The number of hydrogen-bond acceptors (Lipinski definition) is 4. The Morgan fingerprint density at radius 2 is 1.19 bits per heavy atom. The van der Waals surface area contributed by atoms with Crippen LogP contribution in [0.5, 0.6) is 0 Å². The summed E-state index contributed by atoms with van der Waals surface area (Å²) in [7, 11) is 0. The summed E-state index contributed by atoms with van der Waals surface area (Å²) >= 11 is 0. The molecule has 8 rings (SSSR count). The van der Waals surface area contributed by atoms with Crippen LogP contribution in [-0.4, -0.2) is 14.8 Å². The van der Waals surface area contributed by atoms with Crippen LogP contribution in [0.15, 0.2) is 161 Å². The molecular weight excluding hydrogens is 590 g/mol. The van der Waals surface area contributed by atoms with Crippen molar-refractivity contribution in [1.82, 2.24) is 14.8 Å². The lowest BCUT2D eigenvalue weighted by molar-refractivity contribution is 0.562. The van der Waals surface area contributed by atoms with Gasteiger partial charge >= 0.3 is 5.63 Å². The highest BCUT2D eigenvalue weighted by molar-refractivity contribution is 5.91. The average molecular weight is 622 g/mol. The van der Waals surface area contributed by atoms with Gasteiger partial charge in [-0.3, -0.25) is 0 Å². The van der Waals surface area contributed by atoms with Gasteiger partial charge in [0.05, 0.1) is 22.6 Å². The molecule has 5 aromatic carbocycles. The molecule has 8 aromatic rings. The minimum Gasteiger partial charge on any atom is -0.422 e. The van der Waals surface area contributed by atoms with E-state index >= 15 is 0 Å². The summed E-state index contributed by atoms with van der Waals surface area (Å²) in [5.74, 6) is 0. The third-order valence-electron chi connectivity index (χ3n) is 8.79. The molecular formula is C43H31N3O2. The molecule has 0 bridgehead atoms. The first kappa shape index (κ1) is 29.1. The number of benzene rings is 5. The van der Waals surface area contributed by atoms with Crippen LogP contribution in [0.25, 0.3) is 72.7 Å². The van der Waals surface area contributed by atoms with Gasteiger partial charge < -0.3 is 4.42 Å². The maximum atomic E-state index is 13.1. The SMILES string of the molecule is Cc1ccc(-c2cc(-c3cn(-c4ccccc4)nc3-c3ccccc3)cc(-c3ccc4oc(=O)c(-c5ccccc5)c(C)c4c3)n2)cc1. The number of para-hydroxylation sites is 1. The fourth-order valence-electron chi connectivity index (χ4n) is 6.26. The van der Waals surface area contributed by atoms with E-state index < -0.39 is 0 Å². The van der Waals surface area contributed by atoms with Gasteiger partial charge in [-0.25, -0.2) is 14.5 Å². The standard InChI is InChI=1S/C43H31N3O2/c1-28-18-20-30(21-19-28)38-25-34(37-27-46(35-16-10-5-11-17-35)45-42(37)32-14-8-4-9-15-32)26-39(44-38)33-22-23-40-36(24-33)29(2)41(43(47)48-40)31-12-6-3-7-13-31/h3-27H,1-2H3. The molecule has 5 heteroatoms. The maximum Gasteiger partial charge on any atom is 0.344 e. The van der Waals surface area contributed by atoms with E-state index in [0.29, 0.717) is 11.1 Å². The lowest BCUT2D eigenvalue weighted by Gasteiger charge is -2.12. The smallest absolute Gasteiger partial charge is 0.344 e. The third-order valence-corrected chi connectivity index (χ3v) is 8.79. The largest absolute Gasteiger partial charge is 0.422 e. The van der Waals surface area contributed by atoms with Gasteiger partial charge in [0, 0.05) is 33.8 Å². The molecule has 0 saturated carbocycles. The lowest BCUT2D eigenvalue weighted by Crippen LogP contribution is -2.06. The van der Waals surface area contributed by atoms with E-state index in [1.54, 1.807) is 0 Å². The molecule has 5 nitrogen and oxygen atoms in total. The highest BCUT2D eigenvalue weighted by atomic mass is 16.4. The second kappa shape index (κ2) is 12.1. The molecule has 0 radical (unpaired) electrons. The molecule has 0 saturated heterocycles. The van der Waals surface area contributed by atoms with E-state index in [9.17, 15) is 4.79 Å². The van der Waals surface area contributed by atoms with Gasteiger partial charge in [-0.2, -0.15) is 5.10 Å². The number of pyridine rings is 1. The van der Waals surface area contributed by atoms with Gasteiger partial charge in [-0.05, 0) is 73.0 Å². The summed E-state index contributed by atoms with van der Waals surface area (Å²) in [5, 5.41) is 5.97. The minimum absolute atomic E-state index is 0.343. The molecule has 0 unspecified atom stereocenters. The van der Waals surface area contributed by atoms with E-state index in [1.165, 1.54) is 5.56 Å². The molecule has 48 heavy (non-hydrogen) atoms. The van der Waals surface area contributed by atoms with Gasteiger partial charge in [0.25, 0.3) is 0 Å². The van der Waals surface area contributed by atoms with Crippen LogP contribution >= 0.6 is 0 Å². The zero-order valence-electron chi connectivity index (χ0n) is 26.6. The summed E-state index contributed by atoms with van der Waals surface area (Å²) in [6.45, 7) is 4.07. The van der Waals surface area contributed by atoms with Crippen LogP contribution < -0.4 is 5.63 Å². The Bertz CT molecular complexity index is 2460. The van der Waals surface area contributed by atoms with Gasteiger partial charge in [-0.15, -0.1) is 0 Å². The van der Waals surface area contributed by atoms with Crippen molar-refractivity contribution in [3.8, 4) is 61.7 Å². The molecule has 0 aliphatic heterocycles. The van der Waals surface area contributed by atoms with Gasteiger partial charge in [-0.1, -0.05) is 109 Å². The van der Waals surface area contributed by atoms with Crippen molar-refractivity contribution >= 4 is 11.0 Å². The Kier molecular flexibility index (Phi) is 7.35. The van der Waals surface area contributed by atoms with Gasteiger partial charge in [0.1, 0.15) is 11.3 Å². The third kappa shape index (κ3) is 5.41. The molecule has 0 N–H and O–H groups in total. The summed E-state index contributed by atoms with van der Waals surface area (Å²) in [4.78, 5) is 18.3. The lowest BCUT2D eigenvalue weighted by atomic mass is 9.96. The van der Waals surface area contributed by atoms with Crippen molar-refractivity contribution < 1.29 is 4.42 Å². The summed E-state index contributed by atoms with van der Waals surface area (Å²) in [6.07, 6.45) is 2.10. The van der Waals surface area contributed by atoms with Gasteiger partial charge in [0.2, 0.25) is 0 Å². The monoisotopic (exact) mass is 621 g/mol. The van der Waals surface area contributed by atoms with E-state index in [-0.39, 0.29) is 5.63 Å². The highest BCUT2D eigenvalue weighted by Gasteiger charge is 2.19. The number of nitrogens with zero attached hydrogens (tertiary/aromatic N) is 3. The first-order valence-corrected chi connectivity index (χ1v) is 15.9. The number of rotatable bonds is 6. The second-order valence-electron chi connectivity index (χ2n) is 12.0. The summed E-state index contributed by atoms with van der Waals surface area (Å²) < 4.78 is 7.78. The van der Waals surface area contributed by atoms with Crippen molar-refractivity contribution in [3.63, 3.8) is 0 Å². The Morgan fingerprint density at radius 3 is 1.88 bits per heavy atom. The van der Waals surface area contributed by atoms with Crippen LogP contribution in [0.2, 0.25) is 0 Å². The topological polar surface area (TPSA) is 60.9 Å². The highest BCUT2D eigenvalue weighted by Crippen LogP contribution is 2.37. The second-order valence-corrected chi connectivity index (χ2v) is 12.0. The zero-order valence-corrected chi connectivity index (χ0v) is 26.6. The molecule has 0 spiro atoms. The molecule has 0 aliphatic rings. The fourth-order valence-corrected chi connectivity index (χ4v) is 6.26. The molecule has 3 heterocycles. The predicted octanol–water partition coefficient (Wildman–Crippen LogP) is 10.3. The molecule has 0 fully saturated rings. The van der Waals surface area contributed by atoms with Crippen LogP contribution in [0.1, 0.15) is 11.1 Å². The Morgan fingerprint density at radius 1 is 0.583 bits per heavy atom. The number of aromatic nitrogens is 3. The Labute approximate surface area is 278 Å². The van der Waals surface area contributed by atoms with Crippen molar-refractivity contribution in [2.45, 2.75) is 13.8 Å². The van der Waals surface area contributed by atoms with E-state index in [2.05, 4.69) is 79.9 Å². The predicted molar refractivity (Wildman–Crippen MR) is 194 cm³/mol. The van der Waals surface area contributed by atoms with Crippen LogP contribution in [0.4, 0.5) is 0 Å². The van der Waals surface area contributed by atoms with E-state index in [1.807, 2.05) is 90.5 Å². The number of hydrogen-bond donors (Lipinski definition) is 0.